The van der Waals surface area contributed by atoms with Crippen molar-refractivity contribution in [3.63, 3.8) is 0 Å². The van der Waals surface area contributed by atoms with Crippen molar-refractivity contribution in [1.29, 1.82) is 0 Å². The van der Waals surface area contributed by atoms with Crippen LogP contribution < -0.4 is 4.90 Å². The summed E-state index contributed by atoms with van der Waals surface area (Å²) < 4.78 is 0. The molecule has 134 valence electrons. The van der Waals surface area contributed by atoms with Crippen LogP contribution in [-0.4, -0.2) is 65.7 Å². The van der Waals surface area contributed by atoms with Gasteiger partial charge in [0.25, 0.3) is 0 Å². The summed E-state index contributed by atoms with van der Waals surface area (Å²) in [6.07, 6.45) is 5.96. The summed E-state index contributed by atoms with van der Waals surface area (Å²) in [7, 11) is 2.06. The smallest absolute Gasteiger partial charge is 0.178 e. The third-order valence-corrected chi connectivity index (χ3v) is 5.04. The summed E-state index contributed by atoms with van der Waals surface area (Å²) in [5.41, 5.74) is 2.83. The number of piperazine rings is 1. The molecule has 1 aromatic carbocycles. The fourth-order valence-corrected chi connectivity index (χ4v) is 3.58. The molecule has 1 aromatic heterocycles. The lowest BCUT2D eigenvalue weighted by Gasteiger charge is -2.41. The first-order valence-corrected chi connectivity index (χ1v) is 9.10. The standard InChI is InChI=1S/C19H21ClN6/c1-24-9-5-8-21-19(24)26-12-10-25(11-13-26)17-14-16(22-23-18(17)20)15-6-3-2-4-7-15/h2-9,14,19H,10-13H2,1H3. The molecule has 0 amide bonds. The first-order valence-electron chi connectivity index (χ1n) is 8.72. The van der Waals surface area contributed by atoms with E-state index in [0.717, 1.165) is 43.1 Å². The minimum atomic E-state index is 0.0769. The van der Waals surface area contributed by atoms with Crippen molar-refractivity contribution < 1.29 is 0 Å². The minimum absolute atomic E-state index is 0.0769. The van der Waals surface area contributed by atoms with Crippen molar-refractivity contribution in [3.05, 3.63) is 53.8 Å². The number of anilines is 1. The van der Waals surface area contributed by atoms with Gasteiger partial charge in [0.2, 0.25) is 0 Å². The molecule has 0 N–H and O–H groups in total. The molecule has 0 aliphatic carbocycles. The number of halogens is 1. The molecule has 0 radical (unpaired) electrons. The van der Waals surface area contributed by atoms with Crippen LogP contribution in [0.15, 0.2) is 53.7 Å². The molecule has 2 aromatic rings. The quantitative estimate of drug-likeness (QED) is 0.833. The predicted octanol–water partition coefficient (Wildman–Crippen LogP) is 2.73. The molecule has 0 saturated carbocycles. The second-order valence-corrected chi connectivity index (χ2v) is 6.80. The fourth-order valence-electron chi connectivity index (χ4n) is 3.37. The molecule has 1 saturated heterocycles. The predicted molar refractivity (Wildman–Crippen MR) is 105 cm³/mol. The molecular weight excluding hydrogens is 348 g/mol. The molecule has 7 heteroatoms. The number of allylic oxidation sites excluding steroid dienone is 1. The topological polar surface area (TPSA) is 47.9 Å². The Morgan fingerprint density at radius 2 is 1.81 bits per heavy atom. The van der Waals surface area contributed by atoms with Crippen LogP contribution in [0.2, 0.25) is 5.15 Å². The van der Waals surface area contributed by atoms with Gasteiger partial charge in [-0.15, -0.1) is 10.2 Å². The van der Waals surface area contributed by atoms with Crippen molar-refractivity contribution in [2.75, 3.05) is 38.1 Å². The summed E-state index contributed by atoms with van der Waals surface area (Å²) in [5.74, 6) is 0. The Balaban J connectivity index is 1.49. The number of hydrogen-bond acceptors (Lipinski definition) is 6. The maximum absolute atomic E-state index is 6.36. The van der Waals surface area contributed by atoms with Crippen LogP contribution in [-0.2, 0) is 0 Å². The lowest BCUT2D eigenvalue weighted by atomic mass is 10.1. The molecule has 0 bridgehead atoms. The van der Waals surface area contributed by atoms with Crippen LogP contribution in [0.3, 0.4) is 0 Å². The third kappa shape index (κ3) is 3.43. The van der Waals surface area contributed by atoms with Crippen molar-refractivity contribution in [2.24, 2.45) is 4.99 Å². The number of aromatic nitrogens is 2. The Morgan fingerprint density at radius 3 is 2.54 bits per heavy atom. The van der Waals surface area contributed by atoms with E-state index in [9.17, 15) is 0 Å². The van der Waals surface area contributed by atoms with Gasteiger partial charge in [0.1, 0.15) is 0 Å². The molecular formula is C19H21ClN6. The zero-order valence-electron chi connectivity index (χ0n) is 14.7. The molecule has 26 heavy (non-hydrogen) atoms. The number of benzene rings is 1. The van der Waals surface area contributed by atoms with Gasteiger partial charge in [-0.05, 0) is 12.1 Å². The Hall–Kier alpha value is -2.44. The molecule has 3 heterocycles. The number of aliphatic imine (C=N–C) groups is 1. The second kappa shape index (κ2) is 7.43. The second-order valence-electron chi connectivity index (χ2n) is 6.45. The van der Waals surface area contributed by atoms with E-state index < -0.39 is 0 Å². The van der Waals surface area contributed by atoms with E-state index >= 15 is 0 Å². The van der Waals surface area contributed by atoms with E-state index in [4.69, 9.17) is 11.6 Å². The van der Waals surface area contributed by atoms with Gasteiger partial charge in [0.15, 0.2) is 11.4 Å². The highest BCUT2D eigenvalue weighted by Crippen LogP contribution is 2.29. The van der Waals surface area contributed by atoms with E-state index in [0.29, 0.717) is 5.15 Å². The lowest BCUT2D eigenvalue weighted by Crippen LogP contribution is -2.54. The summed E-state index contributed by atoms with van der Waals surface area (Å²) >= 11 is 6.36. The van der Waals surface area contributed by atoms with Gasteiger partial charge in [0, 0.05) is 51.2 Å². The zero-order valence-corrected chi connectivity index (χ0v) is 15.4. The lowest BCUT2D eigenvalue weighted by molar-refractivity contribution is 0.0927. The summed E-state index contributed by atoms with van der Waals surface area (Å²) in [6.45, 7) is 3.59. The first kappa shape index (κ1) is 17.0. The monoisotopic (exact) mass is 368 g/mol. The van der Waals surface area contributed by atoms with Gasteiger partial charge < -0.3 is 9.80 Å². The molecule has 1 unspecified atom stereocenters. The van der Waals surface area contributed by atoms with E-state index in [1.807, 2.05) is 48.7 Å². The van der Waals surface area contributed by atoms with E-state index in [2.05, 4.69) is 43.1 Å². The van der Waals surface area contributed by atoms with Gasteiger partial charge in [-0.2, -0.15) is 0 Å². The maximum atomic E-state index is 6.36. The van der Waals surface area contributed by atoms with E-state index in [-0.39, 0.29) is 6.29 Å². The van der Waals surface area contributed by atoms with Crippen LogP contribution >= 0.6 is 11.6 Å². The molecule has 1 fully saturated rings. The van der Waals surface area contributed by atoms with Gasteiger partial charge in [-0.3, -0.25) is 9.89 Å². The Labute approximate surface area is 158 Å². The van der Waals surface area contributed by atoms with Gasteiger partial charge in [-0.1, -0.05) is 41.9 Å². The maximum Gasteiger partial charge on any atom is 0.178 e. The molecule has 2 aliphatic heterocycles. The molecule has 1 atom stereocenters. The average Bonchev–Trinajstić information content (AvgIpc) is 2.70. The first-order chi connectivity index (χ1) is 12.7. The highest BCUT2D eigenvalue weighted by molar-refractivity contribution is 6.32. The summed E-state index contributed by atoms with van der Waals surface area (Å²) in [5, 5.41) is 8.87. The van der Waals surface area contributed by atoms with Gasteiger partial charge in [-0.25, -0.2) is 0 Å². The Kier molecular flexibility index (Phi) is 4.86. The largest absolute Gasteiger partial charge is 0.366 e. The van der Waals surface area contributed by atoms with Gasteiger partial charge in [0.05, 0.1) is 11.4 Å². The average molecular weight is 369 g/mol. The number of rotatable bonds is 3. The molecule has 2 aliphatic rings. The van der Waals surface area contributed by atoms with E-state index in [1.54, 1.807) is 0 Å². The summed E-state index contributed by atoms with van der Waals surface area (Å²) in [6, 6.07) is 12.1. The zero-order chi connectivity index (χ0) is 17.9. The molecule has 6 nitrogen and oxygen atoms in total. The van der Waals surface area contributed by atoms with Crippen LogP contribution in [0, 0.1) is 0 Å². The highest BCUT2D eigenvalue weighted by Gasteiger charge is 2.27. The van der Waals surface area contributed by atoms with Crippen molar-refractivity contribution in [1.82, 2.24) is 20.0 Å². The molecule has 4 rings (SSSR count). The van der Waals surface area contributed by atoms with Crippen molar-refractivity contribution in [3.8, 4) is 11.3 Å². The third-order valence-electron chi connectivity index (χ3n) is 4.77. The fraction of sp³-hybridized carbons (Fsp3) is 0.316. The van der Waals surface area contributed by atoms with Crippen LogP contribution in [0.5, 0.6) is 0 Å². The van der Waals surface area contributed by atoms with E-state index in [1.165, 1.54) is 0 Å². The minimum Gasteiger partial charge on any atom is -0.366 e. The highest BCUT2D eigenvalue weighted by atomic mass is 35.5. The SMILES string of the molecule is CN1C=CC=NC1N1CCN(c2cc(-c3ccccc3)nnc2Cl)CC1. The number of nitrogens with zero attached hydrogens (tertiary/aromatic N) is 6. The Bertz CT molecular complexity index is 814. The van der Waals surface area contributed by atoms with Crippen LogP contribution in [0.1, 0.15) is 0 Å². The van der Waals surface area contributed by atoms with Crippen LogP contribution in [0.4, 0.5) is 5.69 Å². The van der Waals surface area contributed by atoms with Gasteiger partial charge >= 0.3 is 0 Å². The summed E-state index contributed by atoms with van der Waals surface area (Å²) in [4.78, 5) is 11.4. The van der Waals surface area contributed by atoms with Crippen molar-refractivity contribution >= 4 is 23.5 Å². The normalized spacial score (nSPS) is 20.6. The Morgan fingerprint density at radius 1 is 1.04 bits per heavy atom. The molecule has 0 spiro atoms. The van der Waals surface area contributed by atoms with Crippen molar-refractivity contribution in [2.45, 2.75) is 6.29 Å². The van der Waals surface area contributed by atoms with Crippen LogP contribution in [0.25, 0.3) is 11.3 Å². The number of hydrogen-bond donors (Lipinski definition) is 0.